The average molecular weight is 332 g/mol. The molecular weight excluding hydrogens is 320 g/mol. The molecule has 112 valence electrons. The van der Waals surface area contributed by atoms with E-state index < -0.39 is 0 Å². The van der Waals surface area contributed by atoms with Crippen molar-refractivity contribution in [1.82, 2.24) is 20.4 Å². The van der Waals surface area contributed by atoms with Gasteiger partial charge in [-0.1, -0.05) is 5.16 Å². The molecular formula is C14H12N4O2S2. The monoisotopic (exact) mass is 332 g/mol. The van der Waals surface area contributed by atoms with Crippen LogP contribution in [0.4, 0.5) is 0 Å². The number of carbonyl (C=O) groups is 1. The van der Waals surface area contributed by atoms with Crippen LogP contribution in [0.3, 0.4) is 0 Å². The van der Waals surface area contributed by atoms with Crippen molar-refractivity contribution in [2.75, 3.05) is 0 Å². The van der Waals surface area contributed by atoms with Gasteiger partial charge in [0.25, 0.3) is 5.91 Å². The number of nitrogens with zero attached hydrogens (tertiary/aromatic N) is 3. The second-order valence-electron chi connectivity index (χ2n) is 5.04. The zero-order chi connectivity index (χ0) is 14.9. The van der Waals surface area contributed by atoms with Crippen LogP contribution in [0.25, 0.3) is 10.6 Å². The molecule has 0 spiro atoms. The minimum atomic E-state index is -0.176. The Labute approximate surface area is 134 Å². The zero-order valence-electron chi connectivity index (χ0n) is 11.5. The van der Waals surface area contributed by atoms with Crippen molar-refractivity contribution < 1.29 is 9.32 Å². The molecule has 0 atom stereocenters. The van der Waals surface area contributed by atoms with Crippen molar-refractivity contribution in [3.05, 3.63) is 39.6 Å². The molecule has 3 heterocycles. The van der Waals surface area contributed by atoms with Crippen LogP contribution in [0.2, 0.25) is 0 Å². The van der Waals surface area contributed by atoms with Gasteiger partial charge in [-0.15, -0.1) is 11.3 Å². The van der Waals surface area contributed by atoms with Gasteiger partial charge in [0.1, 0.15) is 9.88 Å². The summed E-state index contributed by atoms with van der Waals surface area (Å²) < 4.78 is 5.13. The molecule has 0 radical (unpaired) electrons. The third kappa shape index (κ3) is 2.79. The molecule has 8 heteroatoms. The molecule has 1 aliphatic rings. The van der Waals surface area contributed by atoms with Crippen LogP contribution in [0.15, 0.2) is 27.5 Å². The van der Waals surface area contributed by atoms with E-state index in [4.69, 9.17) is 4.52 Å². The smallest absolute Gasteiger partial charge is 0.263 e. The highest BCUT2D eigenvalue weighted by molar-refractivity contribution is 7.17. The van der Waals surface area contributed by atoms with E-state index >= 15 is 0 Å². The standard InChI is InChI=1S/C14H12N4O2S2/c19-13(10-5-16-14(22-10)9-3-4-21-7-9)15-6-11-17-12(18-20-11)8-1-2-8/h3-5,7-8H,1-2,6H2,(H,15,19). The first-order valence-electron chi connectivity index (χ1n) is 6.88. The Bertz CT molecular complexity index is 789. The molecule has 6 nitrogen and oxygen atoms in total. The van der Waals surface area contributed by atoms with E-state index in [1.807, 2.05) is 16.8 Å². The maximum atomic E-state index is 12.1. The number of thiophene rings is 1. The van der Waals surface area contributed by atoms with E-state index in [2.05, 4.69) is 20.4 Å². The van der Waals surface area contributed by atoms with Gasteiger partial charge in [0.2, 0.25) is 5.89 Å². The molecule has 0 aromatic carbocycles. The van der Waals surface area contributed by atoms with Crippen molar-refractivity contribution in [2.45, 2.75) is 25.3 Å². The SMILES string of the molecule is O=C(NCc1nc(C2CC2)no1)c1cnc(-c2ccsc2)s1. The summed E-state index contributed by atoms with van der Waals surface area (Å²) in [4.78, 5) is 21.3. The highest BCUT2D eigenvalue weighted by atomic mass is 32.1. The summed E-state index contributed by atoms with van der Waals surface area (Å²) >= 11 is 2.98. The first-order chi connectivity index (χ1) is 10.8. The minimum Gasteiger partial charge on any atom is -0.342 e. The summed E-state index contributed by atoms with van der Waals surface area (Å²) in [6.07, 6.45) is 3.84. The van der Waals surface area contributed by atoms with Gasteiger partial charge in [0, 0.05) is 16.9 Å². The molecule has 1 N–H and O–H groups in total. The molecule has 3 aromatic rings. The first-order valence-corrected chi connectivity index (χ1v) is 8.64. The third-order valence-corrected chi connectivity index (χ3v) is 5.05. The normalized spacial score (nSPS) is 14.2. The Morgan fingerprint density at radius 2 is 2.36 bits per heavy atom. The minimum absolute atomic E-state index is 0.176. The van der Waals surface area contributed by atoms with Gasteiger partial charge in [-0.2, -0.15) is 16.3 Å². The van der Waals surface area contributed by atoms with Gasteiger partial charge in [0.05, 0.1) is 12.7 Å². The van der Waals surface area contributed by atoms with E-state index in [0.717, 1.165) is 29.2 Å². The number of aromatic nitrogens is 3. The van der Waals surface area contributed by atoms with E-state index in [9.17, 15) is 4.79 Å². The van der Waals surface area contributed by atoms with E-state index in [1.165, 1.54) is 11.3 Å². The van der Waals surface area contributed by atoms with Gasteiger partial charge in [0.15, 0.2) is 5.82 Å². The van der Waals surface area contributed by atoms with Crippen LogP contribution in [0.5, 0.6) is 0 Å². The number of hydrogen-bond acceptors (Lipinski definition) is 7. The van der Waals surface area contributed by atoms with Crippen LogP contribution in [0, 0.1) is 0 Å². The Kier molecular flexibility index (Phi) is 3.47. The molecule has 1 aliphatic carbocycles. The molecule has 0 unspecified atom stereocenters. The lowest BCUT2D eigenvalue weighted by Gasteiger charge is -1.98. The van der Waals surface area contributed by atoms with Gasteiger partial charge in [-0.3, -0.25) is 4.79 Å². The summed E-state index contributed by atoms with van der Waals surface area (Å²) in [7, 11) is 0. The summed E-state index contributed by atoms with van der Waals surface area (Å²) in [6.45, 7) is 0.240. The Morgan fingerprint density at radius 1 is 1.45 bits per heavy atom. The lowest BCUT2D eigenvalue weighted by atomic mass is 10.4. The van der Waals surface area contributed by atoms with Crippen LogP contribution in [-0.4, -0.2) is 21.0 Å². The maximum absolute atomic E-state index is 12.1. The van der Waals surface area contributed by atoms with Crippen molar-refractivity contribution in [1.29, 1.82) is 0 Å². The number of thiazole rings is 1. The Balaban J connectivity index is 1.39. The van der Waals surface area contributed by atoms with Gasteiger partial charge in [-0.05, 0) is 24.3 Å². The summed E-state index contributed by atoms with van der Waals surface area (Å²) in [5, 5.41) is 11.6. The molecule has 4 rings (SSSR count). The Hall–Kier alpha value is -2.06. The second kappa shape index (κ2) is 5.62. The molecule has 0 saturated heterocycles. The van der Waals surface area contributed by atoms with Crippen LogP contribution >= 0.6 is 22.7 Å². The highest BCUT2D eigenvalue weighted by Gasteiger charge is 2.28. The van der Waals surface area contributed by atoms with Crippen molar-refractivity contribution in [3.8, 4) is 10.6 Å². The van der Waals surface area contributed by atoms with Crippen molar-refractivity contribution in [2.24, 2.45) is 0 Å². The second-order valence-corrected chi connectivity index (χ2v) is 6.86. The predicted octanol–water partition coefficient (Wildman–Crippen LogP) is 3.06. The average Bonchev–Trinajstić information content (AvgIpc) is 3.02. The third-order valence-electron chi connectivity index (χ3n) is 3.32. The molecule has 1 amide bonds. The molecule has 22 heavy (non-hydrogen) atoms. The molecule has 3 aromatic heterocycles. The lowest BCUT2D eigenvalue weighted by molar-refractivity contribution is 0.0950. The highest BCUT2D eigenvalue weighted by Crippen LogP contribution is 2.38. The van der Waals surface area contributed by atoms with E-state index in [-0.39, 0.29) is 12.5 Å². The number of amides is 1. The largest absolute Gasteiger partial charge is 0.342 e. The van der Waals surface area contributed by atoms with Gasteiger partial charge < -0.3 is 9.84 Å². The quantitative estimate of drug-likeness (QED) is 0.776. The van der Waals surface area contributed by atoms with E-state index in [0.29, 0.717) is 16.7 Å². The molecule has 0 aliphatic heterocycles. The fourth-order valence-electron chi connectivity index (χ4n) is 1.99. The number of carbonyl (C=O) groups excluding carboxylic acids is 1. The topological polar surface area (TPSA) is 80.9 Å². The van der Waals surface area contributed by atoms with Crippen LogP contribution in [0.1, 0.15) is 40.1 Å². The van der Waals surface area contributed by atoms with Gasteiger partial charge >= 0.3 is 0 Å². The van der Waals surface area contributed by atoms with Crippen LogP contribution < -0.4 is 5.32 Å². The van der Waals surface area contributed by atoms with Crippen LogP contribution in [-0.2, 0) is 6.54 Å². The van der Waals surface area contributed by atoms with Crippen molar-refractivity contribution >= 4 is 28.6 Å². The number of rotatable bonds is 5. The molecule has 1 fully saturated rings. The summed E-state index contributed by atoms with van der Waals surface area (Å²) in [5.74, 6) is 1.47. The number of nitrogens with one attached hydrogen (secondary N) is 1. The fourth-order valence-corrected chi connectivity index (χ4v) is 3.53. The summed E-state index contributed by atoms with van der Waals surface area (Å²) in [6, 6.07) is 1.99. The van der Waals surface area contributed by atoms with Gasteiger partial charge in [-0.25, -0.2) is 4.98 Å². The zero-order valence-corrected chi connectivity index (χ0v) is 13.1. The molecule has 1 saturated carbocycles. The molecule has 0 bridgehead atoms. The predicted molar refractivity (Wildman–Crippen MR) is 82.9 cm³/mol. The maximum Gasteiger partial charge on any atom is 0.263 e. The van der Waals surface area contributed by atoms with E-state index in [1.54, 1.807) is 17.5 Å². The fraction of sp³-hybridized carbons (Fsp3) is 0.286. The summed E-state index contributed by atoms with van der Waals surface area (Å²) in [5.41, 5.74) is 1.04. The Morgan fingerprint density at radius 3 is 3.14 bits per heavy atom. The van der Waals surface area contributed by atoms with Crippen molar-refractivity contribution in [3.63, 3.8) is 0 Å². The first kappa shape index (κ1) is 13.6. The lowest BCUT2D eigenvalue weighted by Crippen LogP contribution is -2.21. The number of hydrogen-bond donors (Lipinski definition) is 1.